The molecule has 0 N–H and O–H groups in total. The molecule has 0 spiro atoms. The molecule has 1 fully saturated rings. The average molecular weight is 901 g/mol. The molecule has 0 bridgehead atoms. The normalized spacial score (nSPS) is 13.4. The Morgan fingerprint density at radius 2 is 0.783 bits per heavy atom. The third kappa shape index (κ3) is 6.99. The maximum Gasteiger partial charge on any atom is 0.179 e. The summed E-state index contributed by atoms with van der Waals surface area (Å²) in [5.41, 5.74) is 13.6. The van der Waals surface area contributed by atoms with Crippen LogP contribution in [0.1, 0.15) is 43.6 Å². The molecule has 1 saturated carbocycles. The van der Waals surface area contributed by atoms with Crippen molar-refractivity contribution in [3.05, 3.63) is 254 Å². The molecule has 12 aromatic rings. The molecule has 1 aliphatic carbocycles. The van der Waals surface area contributed by atoms with Crippen LogP contribution in [0.2, 0.25) is 0 Å². The van der Waals surface area contributed by atoms with Crippen LogP contribution in [0, 0.1) is 0 Å². The van der Waals surface area contributed by atoms with Gasteiger partial charge in [-0.05, 0) is 122 Å². The standard InChI is InChI=1S/C66H52N2Si/c1-6-20-47(21-7-1)50-26-18-32-57(42-50)69(55-28-12-4-13-29-55,56-30-14-5-15-31-56)58-33-19-27-53(45-58)67-64-40-37-51(48-22-8-2-9-23-48)43-61(64)62-46-54(38-41-65(62)67)68-63-35-17-16-34-59(63)60-39-36-52(44-66(60)68)49-24-10-3-11-25-49/h1-2,4-9,12-23,26-46,49H,3,10-11,24-25H2. The zero-order valence-corrected chi connectivity index (χ0v) is 39.7. The van der Waals surface area contributed by atoms with E-state index in [-0.39, 0.29) is 0 Å². The molecule has 2 heterocycles. The van der Waals surface area contributed by atoms with Gasteiger partial charge in [-0.3, -0.25) is 0 Å². The van der Waals surface area contributed by atoms with Gasteiger partial charge in [0, 0.05) is 32.9 Å². The topological polar surface area (TPSA) is 9.86 Å². The van der Waals surface area contributed by atoms with E-state index in [2.05, 4.69) is 258 Å². The second-order valence-electron chi connectivity index (χ2n) is 19.1. The molecule has 0 unspecified atom stereocenters. The second kappa shape index (κ2) is 17.3. The summed E-state index contributed by atoms with van der Waals surface area (Å²) < 4.78 is 5.06. The summed E-state index contributed by atoms with van der Waals surface area (Å²) >= 11 is 0. The van der Waals surface area contributed by atoms with E-state index in [1.807, 2.05) is 0 Å². The molecule has 0 saturated heterocycles. The van der Waals surface area contributed by atoms with Gasteiger partial charge in [0.25, 0.3) is 0 Å². The molecule has 13 rings (SSSR count). The van der Waals surface area contributed by atoms with Crippen molar-refractivity contribution in [1.29, 1.82) is 0 Å². The van der Waals surface area contributed by atoms with Gasteiger partial charge in [0.15, 0.2) is 8.07 Å². The van der Waals surface area contributed by atoms with E-state index in [0.717, 1.165) is 5.69 Å². The van der Waals surface area contributed by atoms with Crippen molar-refractivity contribution in [2.75, 3.05) is 0 Å². The summed E-state index contributed by atoms with van der Waals surface area (Å²) in [6, 6.07) is 93.7. The Hall–Kier alpha value is -7.98. The zero-order chi connectivity index (χ0) is 45.7. The summed E-state index contributed by atoms with van der Waals surface area (Å²) in [7, 11) is -2.93. The molecule has 3 heteroatoms. The smallest absolute Gasteiger partial charge is 0.179 e. The first-order chi connectivity index (χ1) is 34.2. The van der Waals surface area contributed by atoms with Crippen molar-refractivity contribution in [1.82, 2.24) is 9.13 Å². The summed E-state index contributed by atoms with van der Waals surface area (Å²) in [4.78, 5) is 0. The predicted molar refractivity (Wildman–Crippen MR) is 295 cm³/mol. The first kappa shape index (κ1) is 41.2. The largest absolute Gasteiger partial charge is 0.309 e. The quantitative estimate of drug-likeness (QED) is 0.101. The number of benzene rings is 10. The number of hydrogen-bond donors (Lipinski definition) is 0. The highest BCUT2D eigenvalue weighted by atomic mass is 28.3. The molecular weight excluding hydrogens is 849 g/mol. The molecule has 10 aromatic carbocycles. The molecule has 69 heavy (non-hydrogen) atoms. The number of nitrogens with zero attached hydrogens (tertiary/aromatic N) is 2. The van der Waals surface area contributed by atoms with Crippen LogP contribution >= 0.6 is 0 Å². The fourth-order valence-electron chi connectivity index (χ4n) is 12.0. The maximum absolute atomic E-state index is 2.93. The van der Waals surface area contributed by atoms with Gasteiger partial charge in [-0.25, -0.2) is 0 Å². The highest BCUT2D eigenvalue weighted by Crippen LogP contribution is 2.41. The van der Waals surface area contributed by atoms with Crippen molar-refractivity contribution in [3.8, 4) is 33.6 Å². The van der Waals surface area contributed by atoms with Gasteiger partial charge in [-0.2, -0.15) is 0 Å². The van der Waals surface area contributed by atoms with Gasteiger partial charge >= 0.3 is 0 Å². The van der Waals surface area contributed by atoms with Crippen LogP contribution in [0.25, 0.3) is 77.2 Å². The molecule has 0 amide bonds. The fraction of sp³-hybridized carbons (Fsp3) is 0.0909. The number of para-hydroxylation sites is 1. The minimum atomic E-state index is -2.93. The third-order valence-corrected chi connectivity index (χ3v) is 20.0. The molecule has 2 nitrogen and oxygen atoms in total. The second-order valence-corrected chi connectivity index (χ2v) is 22.9. The Kier molecular flexibility index (Phi) is 10.3. The average Bonchev–Trinajstić information content (AvgIpc) is 3.94. The Bertz CT molecular complexity index is 3770. The highest BCUT2D eigenvalue weighted by molar-refractivity contribution is 7.20. The van der Waals surface area contributed by atoms with E-state index in [4.69, 9.17) is 0 Å². The van der Waals surface area contributed by atoms with Gasteiger partial charge in [-0.15, -0.1) is 0 Å². The van der Waals surface area contributed by atoms with E-state index in [9.17, 15) is 0 Å². The number of hydrogen-bond acceptors (Lipinski definition) is 0. The molecule has 2 aromatic heterocycles. The van der Waals surface area contributed by atoms with Crippen molar-refractivity contribution in [3.63, 3.8) is 0 Å². The number of fused-ring (bicyclic) bond motifs is 6. The van der Waals surface area contributed by atoms with E-state index in [1.165, 1.54) is 130 Å². The third-order valence-electron chi connectivity index (χ3n) is 15.2. The van der Waals surface area contributed by atoms with Gasteiger partial charge < -0.3 is 9.13 Å². The minimum absolute atomic E-state index is 0.626. The molecule has 0 radical (unpaired) electrons. The van der Waals surface area contributed by atoms with Crippen LogP contribution in [0.4, 0.5) is 0 Å². The van der Waals surface area contributed by atoms with Crippen LogP contribution in [0.15, 0.2) is 249 Å². The first-order valence-electron chi connectivity index (χ1n) is 24.8. The highest BCUT2D eigenvalue weighted by Gasteiger charge is 2.42. The molecule has 1 aliphatic rings. The first-order valence-corrected chi connectivity index (χ1v) is 26.8. The van der Waals surface area contributed by atoms with Crippen LogP contribution in [0.3, 0.4) is 0 Å². The van der Waals surface area contributed by atoms with Crippen LogP contribution in [-0.2, 0) is 0 Å². The fourth-order valence-corrected chi connectivity index (χ4v) is 16.8. The van der Waals surface area contributed by atoms with Crippen molar-refractivity contribution in [2.45, 2.75) is 38.0 Å². The van der Waals surface area contributed by atoms with E-state index >= 15 is 0 Å². The minimum Gasteiger partial charge on any atom is -0.309 e. The Labute approximate surface area is 405 Å². The van der Waals surface area contributed by atoms with E-state index < -0.39 is 8.07 Å². The summed E-state index contributed by atoms with van der Waals surface area (Å²) in [5.74, 6) is 0.626. The Morgan fingerprint density at radius 1 is 0.290 bits per heavy atom. The molecular formula is C66H52N2Si. The summed E-state index contributed by atoms with van der Waals surface area (Å²) in [6.45, 7) is 0. The lowest BCUT2D eigenvalue weighted by molar-refractivity contribution is 0.444. The van der Waals surface area contributed by atoms with Crippen molar-refractivity contribution < 1.29 is 0 Å². The molecule has 0 atom stereocenters. The lowest BCUT2D eigenvalue weighted by atomic mass is 9.84. The van der Waals surface area contributed by atoms with Gasteiger partial charge in [-0.1, -0.05) is 213 Å². The van der Waals surface area contributed by atoms with Gasteiger partial charge in [0.2, 0.25) is 0 Å². The van der Waals surface area contributed by atoms with Crippen LogP contribution < -0.4 is 20.7 Å². The molecule has 330 valence electrons. The van der Waals surface area contributed by atoms with Crippen LogP contribution in [-0.4, -0.2) is 17.2 Å². The Balaban J connectivity index is 1.06. The van der Waals surface area contributed by atoms with Crippen molar-refractivity contribution >= 4 is 72.4 Å². The predicted octanol–water partition coefficient (Wildman–Crippen LogP) is 14.6. The van der Waals surface area contributed by atoms with Gasteiger partial charge in [0.05, 0.1) is 22.1 Å². The maximum atomic E-state index is 2.53. The Morgan fingerprint density at radius 3 is 1.48 bits per heavy atom. The lowest BCUT2D eigenvalue weighted by Crippen LogP contribution is -2.74. The monoisotopic (exact) mass is 900 g/mol. The van der Waals surface area contributed by atoms with E-state index in [1.54, 1.807) is 0 Å². The number of aromatic nitrogens is 2. The number of rotatable bonds is 9. The van der Waals surface area contributed by atoms with Crippen molar-refractivity contribution in [2.24, 2.45) is 0 Å². The molecule has 0 aliphatic heterocycles. The summed E-state index contributed by atoms with van der Waals surface area (Å²) in [5, 5.41) is 10.5. The van der Waals surface area contributed by atoms with Gasteiger partial charge in [0.1, 0.15) is 0 Å². The SMILES string of the molecule is c1ccc(-c2cccc([Si](c3ccccc3)(c3ccccc3)c3cccc(-n4c5ccc(-c6ccccc6)cc5c5cc(-n6c7ccccc7c7ccc(C8CCCCC8)cc76)ccc54)c3)c2)cc1. The summed E-state index contributed by atoms with van der Waals surface area (Å²) in [6.07, 6.45) is 6.56. The zero-order valence-electron chi connectivity index (χ0n) is 38.7. The van der Waals surface area contributed by atoms with Crippen LogP contribution in [0.5, 0.6) is 0 Å². The van der Waals surface area contributed by atoms with E-state index in [0.29, 0.717) is 5.92 Å². The lowest BCUT2D eigenvalue weighted by Gasteiger charge is -2.35.